The van der Waals surface area contributed by atoms with Crippen molar-refractivity contribution in [2.75, 3.05) is 36.9 Å². The molecule has 0 unspecified atom stereocenters. The van der Waals surface area contributed by atoms with Gasteiger partial charge in [0.15, 0.2) is 11.5 Å². The number of amides is 1. The number of carbonyl (C=O) groups excluding carboxylic acids is 1. The first-order valence-corrected chi connectivity index (χ1v) is 14.6. The molecule has 3 aromatic rings. The molecule has 4 rings (SSSR count). The molecule has 0 radical (unpaired) electrons. The Morgan fingerprint density at radius 2 is 1.70 bits per heavy atom. The lowest BCUT2D eigenvalue weighted by Crippen LogP contribution is -2.41. The fraction of sp³-hybridized carbons (Fsp3) is 0.296. The van der Waals surface area contributed by atoms with Crippen molar-refractivity contribution in [1.82, 2.24) is 5.32 Å². The van der Waals surface area contributed by atoms with Crippen LogP contribution in [0.15, 0.2) is 76.5 Å². The summed E-state index contributed by atoms with van der Waals surface area (Å²) in [5, 5.41) is 2.91. The molecule has 37 heavy (non-hydrogen) atoms. The third-order valence-corrected chi connectivity index (χ3v) is 8.35. The van der Waals surface area contributed by atoms with Crippen molar-refractivity contribution in [2.45, 2.75) is 29.7 Å². The van der Waals surface area contributed by atoms with Crippen LogP contribution in [0.5, 0.6) is 17.2 Å². The summed E-state index contributed by atoms with van der Waals surface area (Å²) < 4.78 is 45.2. The van der Waals surface area contributed by atoms with Gasteiger partial charge in [0.25, 0.3) is 10.0 Å². The minimum absolute atomic E-state index is 0.104. The van der Waals surface area contributed by atoms with E-state index >= 15 is 0 Å². The molecule has 10 heteroatoms. The second-order valence-corrected chi connectivity index (χ2v) is 11.0. The van der Waals surface area contributed by atoms with Gasteiger partial charge in [-0.1, -0.05) is 6.07 Å². The van der Waals surface area contributed by atoms with Gasteiger partial charge in [-0.3, -0.25) is 9.10 Å². The molecule has 8 nitrogen and oxygen atoms in total. The summed E-state index contributed by atoms with van der Waals surface area (Å²) in [5.74, 6) is 1.45. The van der Waals surface area contributed by atoms with Gasteiger partial charge in [-0.05, 0) is 86.3 Å². The van der Waals surface area contributed by atoms with E-state index in [0.717, 1.165) is 14.8 Å². The summed E-state index contributed by atoms with van der Waals surface area (Å²) in [5.41, 5.74) is 1.18. The van der Waals surface area contributed by atoms with Crippen LogP contribution in [0, 0.1) is 0 Å². The van der Waals surface area contributed by atoms with Gasteiger partial charge >= 0.3 is 0 Å². The molecule has 1 heterocycles. The van der Waals surface area contributed by atoms with E-state index in [4.69, 9.17) is 14.2 Å². The molecule has 0 spiro atoms. The molecule has 1 atom stereocenters. The molecule has 1 aliphatic heterocycles. The van der Waals surface area contributed by atoms with Crippen LogP contribution in [0.25, 0.3) is 0 Å². The van der Waals surface area contributed by atoms with Crippen molar-refractivity contribution in [2.24, 2.45) is 0 Å². The van der Waals surface area contributed by atoms with E-state index in [-0.39, 0.29) is 10.9 Å². The first kappa shape index (κ1) is 26.7. The predicted octanol–water partition coefficient (Wildman–Crippen LogP) is 4.65. The first-order valence-electron chi connectivity index (χ1n) is 11.9. The average molecular weight is 543 g/mol. The molecular weight excluding hydrogens is 512 g/mol. The predicted molar refractivity (Wildman–Crippen MR) is 144 cm³/mol. The third kappa shape index (κ3) is 6.31. The number of anilines is 1. The van der Waals surface area contributed by atoms with Crippen LogP contribution in [-0.2, 0) is 14.8 Å². The lowest BCUT2D eigenvalue weighted by atomic mass is 10.1. The lowest BCUT2D eigenvalue weighted by molar-refractivity contribution is -0.120. The summed E-state index contributed by atoms with van der Waals surface area (Å²) in [7, 11) is -4.03. The van der Waals surface area contributed by atoms with Crippen LogP contribution < -0.4 is 23.8 Å². The van der Waals surface area contributed by atoms with Gasteiger partial charge in [-0.15, -0.1) is 11.8 Å². The zero-order chi connectivity index (χ0) is 26.4. The lowest BCUT2D eigenvalue weighted by Gasteiger charge is -2.26. The van der Waals surface area contributed by atoms with E-state index in [2.05, 4.69) is 5.32 Å². The van der Waals surface area contributed by atoms with Crippen LogP contribution >= 0.6 is 11.8 Å². The molecule has 0 aromatic heterocycles. The average Bonchev–Trinajstić information content (AvgIpc) is 2.92. The number of nitrogens with zero attached hydrogens (tertiary/aromatic N) is 1. The molecule has 1 amide bonds. The first-order chi connectivity index (χ1) is 17.8. The highest BCUT2D eigenvalue weighted by atomic mass is 32.2. The highest BCUT2D eigenvalue weighted by Crippen LogP contribution is 2.33. The number of carbonyl (C=O) groups is 1. The van der Waals surface area contributed by atoms with Gasteiger partial charge in [0.2, 0.25) is 5.91 Å². The molecule has 0 saturated heterocycles. The zero-order valence-electron chi connectivity index (χ0n) is 21.0. The largest absolute Gasteiger partial charge is 0.494 e. The van der Waals surface area contributed by atoms with Gasteiger partial charge in [0.05, 0.1) is 23.2 Å². The van der Waals surface area contributed by atoms with Crippen molar-refractivity contribution in [3.05, 3.63) is 72.3 Å². The summed E-state index contributed by atoms with van der Waals surface area (Å²) in [6, 6.07) is 18.4. The highest BCUT2D eigenvalue weighted by molar-refractivity contribution is 7.98. The fourth-order valence-corrected chi connectivity index (χ4v) is 5.72. The van der Waals surface area contributed by atoms with Crippen LogP contribution in [0.4, 0.5) is 5.69 Å². The number of thioether (sulfide) groups is 1. The van der Waals surface area contributed by atoms with Crippen molar-refractivity contribution in [3.63, 3.8) is 0 Å². The van der Waals surface area contributed by atoms with Crippen LogP contribution in [-0.4, -0.2) is 46.9 Å². The highest BCUT2D eigenvalue weighted by Gasteiger charge is 2.28. The Bertz CT molecular complexity index is 1330. The van der Waals surface area contributed by atoms with E-state index in [1.165, 1.54) is 11.8 Å². The maximum absolute atomic E-state index is 13.7. The van der Waals surface area contributed by atoms with Crippen molar-refractivity contribution in [1.29, 1.82) is 0 Å². The standard InChI is InChI=1S/C27H30N2O6S2/c1-4-33-22-8-6-21(7-9-22)29(37(31,32)24-12-10-23(36-3)11-13-24)18-27(30)28-19(2)20-5-14-25-26(17-20)35-16-15-34-25/h5-14,17,19H,4,15-16,18H2,1-3H3,(H,28,30)/t19-/m1/s1. The maximum atomic E-state index is 13.7. The summed E-state index contributed by atoms with van der Waals surface area (Å²) >= 11 is 1.52. The van der Waals surface area contributed by atoms with Gasteiger partial charge in [0.1, 0.15) is 25.5 Å². The molecule has 0 fully saturated rings. The molecule has 0 aliphatic carbocycles. The number of rotatable bonds is 10. The van der Waals surface area contributed by atoms with E-state index in [9.17, 15) is 13.2 Å². The minimum Gasteiger partial charge on any atom is -0.494 e. The van der Waals surface area contributed by atoms with Crippen LogP contribution in [0.1, 0.15) is 25.5 Å². The SMILES string of the molecule is CCOc1ccc(N(CC(=O)N[C@H](C)c2ccc3c(c2)OCCO3)S(=O)(=O)c2ccc(SC)cc2)cc1. The Morgan fingerprint density at radius 3 is 2.35 bits per heavy atom. The van der Waals surface area contributed by atoms with Gasteiger partial charge in [0, 0.05) is 4.90 Å². The second-order valence-electron chi connectivity index (χ2n) is 8.31. The van der Waals surface area contributed by atoms with Crippen molar-refractivity contribution >= 4 is 33.4 Å². The Hall–Kier alpha value is -3.37. The Balaban J connectivity index is 1.57. The smallest absolute Gasteiger partial charge is 0.264 e. The number of fused-ring (bicyclic) bond motifs is 1. The van der Waals surface area contributed by atoms with Crippen LogP contribution in [0.2, 0.25) is 0 Å². The number of hydrogen-bond donors (Lipinski definition) is 1. The normalized spacial score (nSPS) is 13.5. The van der Waals surface area contributed by atoms with E-state index < -0.39 is 22.5 Å². The summed E-state index contributed by atoms with van der Waals surface area (Å²) in [6.07, 6.45) is 1.92. The van der Waals surface area contributed by atoms with Gasteiger partial charge in [-0.2, -0.15) is 0 Å². The number of benzene rings is 3. The maximum Gasteiger partial charge on any atom is 0.264 e. The molecule has 196 valence electrons. The Labute approximate surface area is 222 Å². The van der Waals surface area contributed by atoms with Crippen molar-refractivity contribution < 1.29 is 27.4 Å². The van der Waals surface area contributed by atoms with E-state index in [0.29, 0.717) is 42.8 Å². The third-order valence-electron chi connectivity index (χ3n) is 5.81. The number of ether oxygens (including phenoxy) is 3. The monoisotopic (exact) mass is 542 g/mol. The van der Waals surface area contributed by atoms with E-state index in [1.807, 2.05) is 32.2 Å². The molecule has 1 aliphatic rings. The van der Waals surface area contributed by atoms with Crippen LogP contribution in [0.3, 0.4) is 0 Å². The number of sulfonamides is 1. The number of nitrogens with one attached hydrogen (secondary N) is 1. The Kier molecular flexibility index (Phi) is 8.50. The summed E-state index contributed by atoms with van der Waals surface area (Å²) in [6.45, 7) is 4.76. The Morgan fingerprint density at radius 1 is 1.03 bits per heavy atom. The zero-order valence-corrected chi connectivity index (χ0v) is 22.6. The molecular formula is C27H30N2O6S2. The second kappa shape index (κ2) is 11.8. The van der Waals surface area contributed by atoms with E-state index in [1.54, 1.807) is 54.6 Å². The molecule has 3 aromatic carbocycles. The quantitative estimate of drug-likeness (QED) is 0.373. The summed E-state index contributed by atoms with van der Waals surface area (Å²) in [4.78, 5) is 14.2. The minimum atomic E-state index is -4.03. The topological polar surface area (TPSA) is 94.2 Å². The van der Waals surface area contributed by atoms with Gasteiger partial charge in [-0.25, -0.2) is 8.42 Å². The van der Waals surface area contributed by atoms with Gasteiger partial charge < -0.3 is 19.5 Å². The molecule has 0 bridgehead atoms. The molecule has 0 saturated carbocycles. The number of hydrogen-bond acceptors (Lipinski definition) is 7. The molecule has 1 N–H and O–H groups in total. The van der Waals surface area contributed by atoms with Crippen molar-refractivity contribution in [3.8, 4) is 17.2 Å². The fourth-order valence-electron chi connectivity index (χ4n) is 3.90.